The second kappa shape index (κ2) is 6.91. The van der Waals surface area contributed by atoms with E-state index in [0.717, 1.165) is 6.20 Å². The molecule has 4 aromatic rings. The predicted octanol–water partition coefficient (Wildman–Crippen LogP) is 5.02. The minimum atomic E-state index is -4.58. The zero-order chi connectivity index (χ0) is 19.7. The molecule has 1 aromatic carbocycles. The van der Waals surface area contributed by atoms with Gasteiger partial charge in [0.1, 0.15) is 18.1 Å². The van der Waals surface area contributed by atoms with E-state index in [1.807, 2.05) is 0 Å². The maximum Gasteiger partial charge on any atom is 0.433 e. The maximum absolute atomic E-state index is 13.1. The summed E-state index contributed by atoms with van der Waals surface area (Å²) in [7, 11) is 0. The summed E-state index contributed by atoms with van der Waals surface area (Å²) in [6.07, 6.45) is -3.51. The molecule has 0 atom stereocenters. The third-order valence-corrected chi connectivity index (χ3v) is 3.97. The van der Waals surface area contributed by atoms with Crippen molar-refractivity contribution in [3.05, 3.63) is 71.8 Å². The summed E-state index contributed by atoms with van der Waals surface area (Å²) in [6, 6.07) is 11.5. The Morgan fingerprint density at radius 3 is 2.54 bits per heavy atom. The minimum Gasteiger partial charge on any atom is -0.473 e. The second-order valence-corrected chi connectivity index (χ2v) is 5.84. The van der Waals surface area contributed by atoms with Gasteiger partial charge in [0.05, 0.1) is 5.39 Å². The molecule has 0 aliphatic rings. The van der Waals surface area contributed by atoms with E-state index in [-0.39, 0.29) is 29.6 Å². The van der Waals surface area contributed by atoms with E-state index >= 15 is 0 Å². The number of fused-ring (bicyclic) bond motifs is 1. The molecule has 0 spiro atoms. The second-order valence-electron chi connectivity index (χ2n) is 5.84. The van der Waals surface area contributed by atoms with Crippen LogP contribution < -0.4 is 4.74 Å². The van der Waals surface area contributed by atoms with Gasteiger partial charge in [-0.2, -0.15) is 18.2 Å². The zero-order valence-electron chi connectivity index (χ0n) is 14.1. The molecule has 0 saturated heterocycles. The average molecular weight is 389 g/mol. The van der Waals surface area contributed by atoms with Crippen molar-refractivity contribution in [3.8, 4) is 17.1 Å². The first-order chi connectivity index (χ1) is 13.4. The molecule has 0 saturated carbocycles. The molecule has 0 amide bonds. The van der Waals surface area contributed by atoms with E-state index in [9.17, 15) is 17.6 Å². The number of halogens is 4. The van der Waals surface area contributed by atoms with Crippen molar-refractivity contribution in [3.63, 3.8) is 0 Å². The van der Waals surface area contributed by atoms with Crippen LogP contribution in [0.2, 0.25) is 0 Å². The first-order valence-corrected chi connectivity index (χ1v) is 8.08. The summed E-state index contributed by atoms with van der Waals surface area (Å²) < 4.78 is 62.6. The van der Waals surface area contributed by atoms with E-state index < -0.39 is 11.9 Å². The molecule has 0 aliphatic heterocycles. The molecule has 0 radical (unpaired) electrons. The monoisotopic (exact) mass is 389 g/mol. The Hall–Kier alpha value is -3.49. The molecular weight excluding hydrogens is 378 g/mol. The van der Waals surface area contributed by atoms with Crippen molar-refractivity contribution >= 4 is 11.1 Å². The number of rotatable bonds is 4. The fourth-order valence-electron chi connectivity index (χ4n) is 2.67. The highest BCUT2D eigenvalue weighted by Crippen LogP contribution is 2.31. The van der Waals surface area contributed by atoms with Crippen LogP contribution in [-0.2, 0) is 12.8 Å². The van der Waals surface area contributed by atoms with E-state index in [1.54, 1.807) is 18.2 Å². The lowest BCUT2D eigenvalue weighted by Crippen LogP contribution is -2.13. The minimum absolute atomic E-state index is 0.0753. The number of hydrogen-bond acceptors (Lipinski definition) is 5. The van der Waals surface area contributed by atoms with Crippen LogP contribution in [0.1, 0.15) is 11.3 Å². The lowest BCUT2D eigenvalue weighted by molar-refractivity contribution is -0.142. The highest BCUT2D eigenvalue weighted by molar-refractivity contribution is 5.89. The van der Waals surface area contributed by atoms with Crippen molar-refractivity contribution in [2.24, 2.45) is 0 Å². The van der Waals surface area contributed by atoms with Crippen molar-refractivity contribution in [2.45, 2.75) is 12.8 Å². The number of nitrogens with zero attached hydrogens (tertiary/aromatic N) is 3. The highest BCUT2D eigenvalue weighted by atomic mass is 19.4. The van der Waals surface area contributed by atoms with Crippen LogP contribution in [0, 0.1) is 5.82 Å². The fourth-order valence-corrected chi connectivity index (χ4v) is 2.67. The van der Waals surface area contributed by atoms with Crippen LogP contribution in [0.25, 0.3) is 22.4 Å². The first-order valence-electron chi connectivity index (χ1n) is 8.08. The fraction of sp³-hybridized carbons (Fsp3) is 0.105. The Bertz CT molecular complexity index is 1120. The molecule has 0 bridgehead atoms. The number of alkyl halides is 3. The normalized spacial score (nSPS) is 11.7. The molecule has 4 rings (SSSR count). The van der Waals surface area contributed by atoms with Crippen molar-refractivity contribution in [1.82, 2.24) is 15.1 Å². The molecule has 0 unspecified atom stereocenters. The molecule has 28 heavy (non-hydrogen) atoms. The number of ether oxygens (including phenoxy) is 1. The highest BCUT2D eigenvalue weighted by Gasteiger charge is 2.35. The molecule has 9 heteroatoms. The van der Waals surface area contributed by atoms with Gasteiger partial charge >= 0.3 is 6.18 Å². The van der Waals surface area contributed by atoms with Gasteiger partial charge in [-0.1, -0.05) is 11.2 Å². The van der Waals surface area contributed by atoms with Crippen LogP contribution in [0.15, 0.2) is 59.3 Å². The Kier molecular flexibility index (Phi) is 4.42. The van der Waals surface area contributed by atoms with Gasteiger partial charge in [0.2, 0.25) is 5.88 Å². The van der Waals surface area contributed by atoms with Crippen molar-refractivity contribution in [1.29, 1.82) is 0 Å². The van der Waals surface area contributed by atoms with Crippen molar-refractivity contribution < 1.29 is 26.8 Å². The Morgan fingerprint density at radius 2 is 1.79 bits per heavy atom. The summed E-state index contributed by atoms with van der Waals surface area (Å²) >= 11 is 0. The third kappa shape index (κ3) is 3.51. The average Bonchev–Trinajstić information content (AvgIpc) is 3.10. The summed E-state index contributed by atoms with van der Waals surface area (Å²) in [5.74, 6) is -0.301. The van der Waals surface area contributed by atoms with Gasteiger partial charge in [-0.05, 0) is 36.4 Å². The molecule has 142 valence electrons. The molecular formula is C19H11F4N3O2. The largest absolute Gasteiger partial charge is 0.473 e. The Morgan fingerprint density at radius 1 is 1.00 bits per heavy atom. The number of hydrogen-bond donors (Lipinski definition) is 0. The molecule has 0 N–H and O–H groups in total. The zero-order valence-corrected chi connectivity index (χ0v) is 14.1. The SMILES string of the molecule is Fc1ccc(-c2noc3nc(OCc4cccnc4C(F)(F)F)ccc23)cc1. The maximum atomic E-state index is 13.1. The van der Waals surface area contributed by atoms with Gasteiger partial charge in [0.25, 0.3) is 5.71 Å². The predicted molar refractivity (Wildman–Crippen MR) is 90.8 cm³/mol. The van der Waals surface area contributed by atoms with E-state index in [0.29, 0.717) is 16.6 Å². The van der Waals surface area contributed by atoms with Gasteiger partial charge in [-0.25, -0.2) is 4.39 Å². The first kappa shape index (κ1) is 17.9. The van der Waals surface area contributed by atoms with Crippen LogP contribution in [0.4, 0.5) is 17.6 Å². The summed E-state index contributed by atoms with van der Waals surface area (Å²) in [6.45, 7) is -0.361. The molecule has 3 aromatic heterocycles. The van der Waals surface area contributed by atoms with Crippen LogP contribution in [0.5, 0.6) is 5.88 Å². The van der Waals surface area contributed by atoms with Crippen LogP contribution in [0.3, 0.4) is 0 Å². The topological polar surface area (TPSA) is 61.0 Å². The van der Waals surface area contributed by atoms with Gasteiger partial charge < -0.3 is 9.26 Å². The Labute approximate surface area is 155 Å². The number of aromatic nitrogens is 3. The molecule has 5 nitrogen and oxygen atoms in total. The van der Waals surface area contributed by atoms with Crippen LogP contribution in [-0.4, -0.2) is 15.1 Å². The van der Waals surface area contributed by atoms with Crippen LogP contribution >= 0.6 is 0 Å². The third-order valence-electron chi connectivity index (χ3n) is 3.97. The van der Waals surface area contributed by atoms with Gasteiger partial charge in [0, 0.05) is 23.4 Å². The number of pyridine rings is 2. The summed E-state index contributed by atoms with van der Waals surface area (Å²) in [5, 5.41) is 4.49. The van der Waals surface area contributed by atoms with E-state index in [4.69, 9.17) is 9.26 Å². The lowest BCUT2D eigenvalue weighted by atomic mass is 10.1. The van der Waals surface area contributed by atoms with E-state index in [1.165, 1.54) is 30.3 Å². The molecule has 0 aliphatic carbocycles. The summed E-state index contributed by atoms with van der Waals surface area (Å²) in [4.78, 5) is 7.49. The Balaban J connectivity index is 1.58. The quantitative estimate of drug-likeness (QED) is 0.459. The standard InChI is InChI=1S/C19H11F4N3O2/c20-13-5-3-11(4-6-13)16-14-7-8-15(25-18(14)28-26-16)27-10-12-2-1-9-24-17(12)19(21,22)23/h1-9H,10H2. The molecule has 3 heterocycles. The lowest BCUT2D eigenvalue weighted by Gasteiger charge is -2.11. The smallest absolute Gasteiger partial charge is 0.433 e. The number of benzene rings is 1. The molecule has 0 fully saturated rings. The van der Waals surface area contributed by atoms with E-state index in [2.05, 4.69) is 15.1 Å². The van der Waals surface area contributed by atoms with Crippen molar-refractivity contribution in [2.75, 3.05) is 0 Å². The van der Waals surface area contributed by atoms with Gasteiger partial charge in [0.15, 0.2) is 5.69 Å². The van der Waals surface area contributed by atoms with Gasteiger partial charge in [-0.3, -0.25) is 4.98 Å². The summed E-state index contributed by atoms with van der Waals surface area (Å²) in [5.41, 5.74) is 0.149. The van der Waals surface area contributed by atoms with Gasteiger partial charge in [-0.15, -0.1) is 0 Å².